The molecule has 1 aromatic carbocycles. The van der Waals surface area contributed by atoms with Crippen LogP contribution in [-0.4, -0.2) is 6.04 Å². The summed E-state index contributed by atoms with van der Waals surface area (Å²) < 4.78 is 0. The van der Waals surface area contributed by atoms with Gasteiger partial charge in [-0.2, -0.15) is 0 Å². The number of halogens is 1. The lowest BCUT2D eigenvalue weighted by atomic mass is 9.58. The third-order valence-corrected chi connectivity index (χ3v) is 4.11. The second-order valence-electron chi connectivity index (χ2n) is 4.59. The van der Waals surface area contributed by atoms with Gasteiger partial charge in [-0.25, -0.2) is 0 Å². The summed E-state index contributed by atoms with van der Waals surface area (Å²) in [6, 6.07) is 8.59. The first-order valence-corrected chi connectivity index (χ1v) is 6.04. The van der Waals surface area contributed by atoms with E-state index in [1.54, 1.807) is 0 Å². The standard InChI is InChI=1S/C13H18ClN/c1-3-11-12(8(2)13(11)15)9-4-6-10(14)7-5-9/h4-8,11-13H,3,15H2,1-2H3. The van der Waals surface area contributed by atoms with Crippen LogP contribution >= 0.6 is 11.6 Å². The zero-order chi connectivity index (χ0) is 11.0. The second-order valence-corrected chi connectivity index (χ2v) is 5.02. The maximum Gasteiger partial charge on any atom is 0.0406 e. The molecule has 1 aliphatic carbocycles. The third kappa shape index (κ3) is 1.79. The van der Waals surface area contributed by atoms with Gasteiger partial charge in [-0.1, -0.05) is 44.0 Å². The van der Waals surface area contributed by atoms with Gasteiger partial charge in [0.25, 0.3) is 0 Å². The molecule has 1 saturated carbocycles. The molecule has 4 unspecified atom stereocenters. The largest absolute Gasteiger partial charge is 0.327 e. The molecule has 0 radical (unpaired) electrons. The normalized spacial score (nSPS) is 34.9. The summed E-state index contributed by atoms with van der Waals surface area (Å²) >= 11 is 5.89. The van der Waals surface area contributed by atoms with Crippen molar-refractivity contribution >= 4 is 11.6 Å². The van der Waals surface area contributed by atoms with E-state index >= 15 is 0 Å². The summed E-state index contributed by atoms with van der Waals surface area (Å²) in [6.07, 6.45) is 1.17. The van der Waals surface area contributed by atoms with E-state index in [0.29, 0.717) is 23.8 Å². The molecule has 82 valence electrons. The van der Waals surface area contributed by atoms with Crippen molar-refractivity contribution in [3.05, 3.63) is 34.9 Å². The topological polar surface area (TPSA) is 26.0 Å². The van der Waals surface area contributed by atoms with Gasteiger partial charge in [0.05, 0.1) is 0 Å². The minimum absolute atomic E-state index is 0.371. The lowest BCUT2D eigenvalue weighted by molar-refractivity contribution is 0.109. The van der Waals surface area contributed by atoms with E-state index in [1.165, 1.54) is 12.0 Å². The van der Waals surface area contributed by atoms with Gasteiger partial charge < -0.3 is 5.73 Å². The molecule has 2 rings (SSSR count). The summed E-state index contributed by atoms with van der Waals surface area (Å²) in [4.78, 5) is 0. The highest BCUT2D eigenvalue weighted by Gasteiger charge is 2.44. The molecule has 0 heterocycles. The fourth-order valence-electron chi connectivity index (χ4n) is 2.88. The third-order valence-electron chi connectivity index (χ3n) is 3.86. The van der Waals surface area contributed by atoms with Crippen LogP contribution in [0.3, 0.4) is 0 Å². The Balaban J connectivity index is 2.20. The second kappa shape index (κ2) is 4.15. The Kier molecular flexibility index (Phi) is 3.03. The number of hydrogen-bond donors (Lipinski definition) is 1. The smallest absolute Gasteiger partial charge is 0.0406 e. The lowest BCUT2D eigenvalue weighted by Gasteiger charge is -2.49. The molecule has 2 N–H and O–H groups in total. The molecule has 0 aromatic heterocycles. The first-order valence-electron chi connectivity index (χ1n) is 5.66. The van der Waals surface area contributed by atoms with E-state index in [2.05, 4.69) is 26.0 Å². The van der Waals surface area contributed by atoms with Crippen LogP contribution < -0.4 is 5.73 Å². The van der Waals surface area contributed by atoms with Crippen LogP contribution in [0.15, 0.2) is 24.3 Å². The molecule has 1 nitrogen and oxygen atoms in total. The summed E-state index contributed by atoms with van der Waals surface area (Å²) in [5, 5.41) is 0.808. The maximum atomic E-state index is 6.11. The minimum Gasteiger partial charge on any atom is -0.327 e. The molecular formula is C13H18ClN. The minimum atomic E-state index is 0.371. The fourth-order valence-corrected chi connectivity index (χ4v) is 3.00. The van der Waals surface area contributed by atoms with Crippen LogP contribution in [0.5, 0.6) is 0 Å². The van der Waals surface area contributed by atoms with Crippen molar-refractivity contribution in [2.45, 2.75) is 32.2 Å². The van der Waals surface area contributed by atoms with Crippen molar-refractivity contribution in [1.82, 2.24) is 0 Å². The Bertz CT molecular complexity index is 333. The van der Waals surface area contributed by atoms with Gasteiger partial charge in [-0.15, -0.1) is 0 Å². The van der Waals surface area contributed by atoms with Gasteiger partial charge >= 0.3 is 0 Å². The quantitative estimate of drug-likeness (QED) is 0.817. The van der Waals surface area contributed by atoms with Crippen LogP contribution in [0.1, 0.15) is 31.7 Å². The summed E-state index contributed by atoms with van der Waals surface area (Å²) in [7, 11) is 0. The Morgan fingerprint density at radius 2 is 1.87 bits per heavy atom. The van der Waals surface area contributed by atoms with E-state index < -0.39 is 0 Å². The molecule has 4 atom stereocenters. The van der Waals surface area contributed by atoms with E-state index in [-0.39, 0.29) is 0 Å². The van der Waals surface area contributed by atoms with Gasteiger partial charge in [0, 0.05) is 11.1 Å². The molecule has 0 spiro atoms. The number of rotatable bonds is 2. The number of hydrogen-bond acceptors (Lipinski definition) is 1. The van der Waals surface area contributed by atoms with Crippen molar-refractivity contribution in [3.63, 3.8) is 0 Å². The Hall–Kier alpha value is -0.530. The van der Waals surface area contributed by atoms with Crippen LogP contribution in [-0.2, 0) is 0 Å². The van der Waals surface area contributed by atoms with Gasteiger partial charge in [0.1, 0.15) is 0 Å². The molecule has 15 heavy (non-hydrogen) atoms. The van der Waals surface area contributed by atoms with Gasteiger partial charge in [0.2, 0.25) is 0 Å². The molecule has 0 amide bonds. The van der Waals surface area contributed by atoms with Crippen LogP contribution in [0.2, 0.25) is 5.02 Å². The average Bonchev–Trinajstić information content (AvgIpc) is 2.26. The summed E-state index contributed by atoms with van der Waals surface area (Å²) in [6.45, 7) is 4.47. The summed E-state index contributed by atoms with van der Waals surface area (Å²) in [5.74, 6) is 1.86. The predicted octanol–water partition coefficient (Wildman–Crippen LogP) is 3.43. The van der Waals surface area contributed by atoms with Gasteiger partial charge in [-0.3, -0.25) is 0 Å². The highest BCUT2D eigenvalue weighted by Crippen LogP contribution is 2.48. The monoisotopic (exact) mass is 223 g/mol. The van der Waals surface area contributed by atoms with Crippen LogP contribution in [0.25, 0.3) is 0 Å². The highest BCUT2D eigenvalue weighted by atomic mass is 35.5. The zero-order valence-corrected chi connectivity index (χ0v) is 10.0. The zero-order valence-electron chi connectivity index (χ0n) is 9.28. The summed E-state index contributed by atoms with van der Waals surface area (Å²) in [5.41, 5.74) is 7.50. The molecule has 1 aliphatic rings. The maximum absolute atomic E-state index is 6.11. The molecule has 0 aliphatic heterocycles. The Morgan fingerprint density at radius 3 is 2.40 bits per heavy atom. The molecule has 0 saturated heterocycles. The Morgan fingerprint density at radius 1 is 1.27 bits per heavy atom. The molecular weight excluding hydrogens is 206 g/mol. The van der Waals surface area contributed by atoms with Crippen molar-refractivity contribution in [1.29, 1.82) is 0 Å². The highest BCUT2D eigenvalue weighted by molar-refractivity contribution is 6.30. The van der Waals surface area contributed by atoms with Crippen molar-refractivity contribution in [2.24, 2.45) is 17.6 Å². The van der Waals surface area contributed by atoms with E-state index in [9.17, 15) is 0 Å². The molecule has 1 fully saturated rings. The van der Waals surface area contributed by atoms with Crippen LogP contribution in [0.4, 0.5) is 0 Å². The number of benzene rings is 1. The first kappa shape index (κ1) is 11.0. The van der Waals surface area contributed by atoms with Crippen molar-refractivity contribution < 1.29 is 0 Å². The average molecular weight is 224 g/mol. The lowest BCUT2D eigenvalue weighted by Crippen LogP contribution is -2.53. The van der Waals surface area contributed by atoms with Gasteiger partial charge in [-0.05, 0) is 35.4 Å². The Labute approximate surface area is 96.6 Å². The first-order chi connectivity index (χ1) is 7.15. The molecule has 0 bridgehead atoms. The molecule has 2 heteroatoms. The van der Waals surface area contributed by atoms with E-state index in [1.807, 2.05) is 12.1 Å². The van der Waals surface area contributed by atoms with Crippen molar-refractivity contribution in [2.75, 3.05) is 0 Å². The van der Waals surface area contributed by atoms with E-state index in [4.69, 9.17) is 17.3 Å². The number of nitrogens with two attached hydrogens (primary N) is 1. The predicted molar refractivity (Wildman–Crippen MR) is 65.1 cm³/mol. The SMILES string of the molecule is CCC1C(N)C(C)C1c1ccc(Cl)cc1. The van der Waals surface area contributed by atoms with Crippen molar-refractivity contribution in [3.8, 4) is 0 Å². The molecule has 1 aromatic rings. The van der Waals surface area contributed by atoms with E-state index in [0.717, 1.165) is 5.02 Å². The fraction of sp³-hybridized carbons (Fsp3) is 0.538. The van der Waals surface area contributed by atoms with Crippen LogP contribution in [0, 0.1) is 11.8 Å². The van der Waals surface area contributed by atoms with Gasteiger partial charge in [0.15, 0.2) is 0 Å².